The first-order valence-corrected chi connectivity index (χ1v) is 6.97. The minimum atomic E-state index is -3.94. The van der Waals surface area contributed by atoms with Crippen molar-refractivity contribution in [2.45, 2.75) is 17.9 Å². The number of sulfonamides is 1. The lowest BCUT2D eigenvalue weighted by Gasteiger charge is -2.10. The zero-order valence-corrected chi connectivity index (χ0v) is 11.1. The fraction of sp³-hybridized carbons (Fsp3) is 0.200. The van der Waals surface area contributed by atoms with Gasteiger partial charge >= 0.3 is 5.97 Å². The third-order valence-electron chi connectivity index (χ3n) is 2.45. The molecule has 20 heavy (non-hydrogen) atoms. The van der Waals surface area contributed by atoms with E-state index in [1.807, 2.05) is 0 Å². The first-order valence-electron chi connectivity index (χ1n) is 5.49. The molecule has 0 spiro atoms. The first kappa shape index (κ1) is 14.1. The average molecular weight is 297 g/mol. The number of aromatic amines is 1. The fourth-order valence-electron chi connectivity index (χ4n) is 1.44. The van der Waals surface area contributed by atoms with Crippen molar-refractivity contribution >= 4 is 16.0 Å². The van der Waals surface area contributed by atoms with E-state index in [2.05, 4.69) is 25.3 Å². The minimum Gasteiger partial charge on any atom is -0.480 e. The second-order valence-corrected chi connectivity index (χ2v) is 5.66. The third-order valence-corrected chi connectivity index (χ3v) is 3.99. The van der Waals surface area contributed by atoms with Gasteiger partial charge in [0.1, 0.15) is 6.04 Å². The Morgan fingerprint density at radius 3 is 2.80 bits per heavy atom. The molecule has 1 aromatic carbocycles. The van der Waals surface area contributed by atoms with Crippen LogP contribution in [-0.2, 0) is 14.8 Å². The largest absolute Gasteiger partial charge is 0.480 e. The number of tetrazole rings is 1. The maximum absolute atomic E-state index is 12.0. The Hall–Kier alpha value is -2.33. The molecule has 0 fully saturated rings. The number of aromatic nitrogens is 4. The molecule has 2 rings (SSSR count). The van der Waals surface area contributed by atoms with Gasteiger partial charge in [0, 0.05) is 5.56 Å². The standard InChI is InChI=1S/C10H11N5O4S/c1-6(10(16)17)13-20(18,19)8-4-2-3-7(5-8)9-11-14-15-12-9/h2-6,13H,1H3,(H,16,17)(H,11,12,14,15). The van der Waals surface area contributed by atoms with E-state index in [1.54, 1.807) is 6.07 Å². The van der Waals surface area contributed by atoms with Crippen LogP contribution in [0.15, 0.2) is 29.2 Å². The van der Waals surface area contributed by atoms with Crippen LogP contribution < -0.4 is 4.72 Å². The molecule has 0 aliphatic heterocycles. The second-order valence-electron chi connectivity index (χ2n) is 3.94. The Morgan fingerprint density at radius 1 is 1.45 bits per heavy atom. The molecule has 0 saturated heterocycles. The van der Waals surface area contributed by atoms with Gasteiger partial charge in [0.2, 0.25) is 15.8 Å². The lowest BCUT2D eigenvalue weighted by Crippen LogP contribution is -2.38. The van der Waals surface area contributed by atoms with E-state index in [1.165, 1.54) is 25.1 Å². The molecule has 106 valence electrons. The number of hydrogen-bond donors (Lipinski definition) is 3. The van der Waals surface area contributed by atoms with E-state index < -0.39 is 22.0 Å². The normalized spacial score (nSPS) is 13.1. The maximum atomic E-state index is 12.0. The van der Waals surface area contributed by atoms with Gasteiger partial charge in [-0.1, -0.05) is 12.1 Å². The van der Waals surface area contributed by atoms with E-state index in [4.69, 9.17) is 5.11 Å². The first-order chi connectivity index (χ1) is 9.40. The molecular formula is C10H11N5O4S. The molecule has 0 radical (unpaired) electrons. The number of nitrogens with one attached hydrogen (secondary N) is 2. The fourth-order valence-corrected chi connectivity index (χ4v) is 2.68. The number of nitrogens with zero attached hydrogens (tertiary/aromatic N) is 3. The number of hydrogen-bond acceptors (Lipinski definition) is 6. The molecular weight excluding hydrogens is 286 g/mol. The van der Waals surface area contributed by atoms with Gasteiger partial charge in [-0.3, -0.25) is 4.79 Å². The van der Waals surface area contributed by atoms with Gasteiger partial charge < -0.3 is 5.11 Å². The van der Waals surface area contributed by atoms with Gasteiger partial charge in [0.05, 0.1) is 4.90 Å². The summed E-state index contributed by atoms with van der Waals surface area (Å²) in [6.07, 6.45) is 0. The van der Waals surface area contributed by atoms with Crippen molar-refractivity contribution in [1.82, 2.24) is 25.3 Å². The predicted octanol–water partition coefficient (Wildman–Crippen LogP) is -0.382. The van der Waals surface area contributed by atoms with Gasteiger partial charge in [-0.05, 0) is 24.3 Å². The number of benzene rings is 1. The van der Waals surface area contributed by atoms with E-state index in [-0.39, 0.29) is 10.7 Å². The van der Waals surface area contributed by atoms with Crippen molar-refractivity contribution in [3.8, 4) is 11.4 Å². The zero-order valence-electron chi connectivity index (χ0n) is 10.3. The van der Waals surface area contributed by atoms with Crippen molar-refractivity contribution in [2.24, 2.45) is 0 Å². The molecule has 1 unspecified atom stereocenters. The quantitative estimate of drug-likeness (QED) is 0.683. The molecule has 0 aliphatic rings. The van der Waals surface area contributed by atoms with Crippen LogP contribution in [0.2, 0.25) is 0 Å². The predicted molar refractivity (Wildman–Crippen MR) is 67.0 cm³/mol. The van der Waals surface area contributed by atoms with Crippen LogP contribution >= 0.6 is 0 Å². The molecule has 0 amide bonds. The summed E-state index contributed by atoms with van der Waals surface area (Å²) in [5.74, 6) is -1.02. The molecule has 10 heteroatoms. The lowest BCUT2D eigenvalue weighted by atomic mass is 10.2. The number of carboxylic acids is 1. The van der Waals surface area contributed by atoms with Crippen molar-refractivity contribution in [2.75, 3.05) is 0 Å². The Kier molecular flexibility index (Phi) is 3.77. The van der Waals surface area contributed by atoms with Crippen LogP contribution in [0.4, 0.5) is 0 Å². The van der Waals surface area contributed by atoms with Gasteiger partial charge in [-0.2, -0.15) is 9.94 Å². The summed E-state index contributed by atoms with van der Waals surface area (Å²) >= 11 is 0. The van der Waals surface area contributed by atoms with Crippen LogP contribution in [-0.4, -0.2) is 46.2 Å². The van der Waals surface area contributed by atoms with E-state index >= 15 is 0 Å². The summed E-state index contributed by atoms with van der Waals surface area (Å²) in [5, 5.41) is 21.9. The molecule has 9 nitrogen and oxygen atoms in total. The summed E-state index contributed by atoms with van der Waals surface area (Å²) in [7, 11) is -3.94. The highest BCUT2D eigenvalue weighted by Gasteiger charge is 2.22. The summed E-state index contributed by atoms with van der Waals surface area (Å²) in [4.78, 5) is 10.6. The third kappa shape index (κ3) is 2.97. The van der Waals surface area contributed by atoms with Gasteiger partial charge in [0.25, 0.3) is 0 Å². The van der Waals surface area contributed by atoms with Crippen LogP contribution in [0.1, 0.15) is 6.92 Å². The zero-order chi connectivity index (χ0) is 14.8. The van der Waals surface area contributed by atoms with Crippen LogP contribution in [0.3, 0.4) is 0 Å². The smallest absolute Gasteiger partial charge is 0.321 e. The molecule has 0 saturated carbocycles. The summed E-state index contributed by atoms with van der Waals surface area (Å²) in [6, 6.07) is 4.58. The molecule has 0 bridgehead atoms. The Morgan fingerprint density at radius 2 is 2.20 bits per heavy atom. The number of carboxylic acid groups (broad SMARTS) is 1. The number of carbonyl (C=O) groups is 1. The van der Waals surface area contributed by atoms with Crippen molar-refractivity contribution in [1.29, 1.82) is 0 Å². The van der Waals surface area contributed by atoms with Crippen LogP contribution in [0, 0.1) is 0 Å². The van der Waals surface area contributed by atoms with Crippen molar-refractivity contribution in [3.63, 3.8) is 0 Å². The van der Waals surface area contributed by atoms with Crippen molar-refractivity contribution in [3.05, 3.63) is 24.3 Å². The molecule has 1 atom stereocenters. The number of rotatable bonds is 5. The summed E-state index contributed by atoms with van der Waals surface area (Å²) < 4.78 is 26.1. The molecule has 1 heterocycles. The number of aliphatic carboxylic acids is 1. The van der Waals surface area contributed by atoms with E-state index in [0.29, 0.717) is 5.56 Å². The highest BCUT2D eigenvalue weighted by atomic mass is 32.2. The minimum absolute atomic E-state index is 0.0760. The Bertz CT molecular complexity index is 713. The average Bonchev–Trinajstić information content (AvgIpc) is 2.92. The van der Waals surface area contributed by atoms with Gasteiger partial charge in [-0.25, -0.2) is 8.42 Å². The monoisotopic (exact) mass is 297 g/mol. The maximum Gasteiger partial charge on any atom is 0.321 e. The van der Waals surface area contributed by atoms with Gasteiger partial charge in [0.15, 0.2) is 0 Å². The molecule has 3 N–H and O–H groups in total. The Labute approximate surface area is 114 Å². The van der Waals surface area contributed by atoms with Crippen molar-refractivity contribution < 1.29 is 18.3 Å². The Balaban J connectivity index is 2.33. The van der Waals surface area contributed by atoms with E-state index in [0.717, 1.165) is 0 Å². The van der Waals surface area contributed by atoms with Crippen LogP contribution in [0.25, 0.3) is 11.4 Å². The molecule has 0 aliphatic carbocycles. The number of H-pyrrole nitrogens is 1. The summed E-state index contributed by atoms with van der Waals surface area (Å²) in [6.45, 7) is 1.24. The van der Waals surface area contributed by atoms with E-state index in [9.17, 15) is 13.2 Å². The van der Waals surface area contributed by atoms with Gasteiger partial charge in [-0.15, -0.1) is 10.2 Å². The summed E-state index contributed by atoms with van der Waals surface area (Å²) in [5.41, 5.74) is 0.449. The van der Waals surface area contributed by atoms with Crippen LogP contribution in [0.5, 0.6) is 0 Å². The lowest BCUT2D eigenvalue weighted by molar-refractivity contribution is -0.138. The highest BCUT2D eigenvalue weighted by molar-refractivity contribution is 7.89. The molecule has 2 aromatic rings. The SMILES string of the molecule is CC(NS(=O)(=O)c1cccc(-c2nn[nH]n2)c1)C(=O)O. The highest BCUT2D eigenvalue weighted by Crippen LogP contribution is 2.18. The second kappa shape index (κ2) is 5.35. The molecule has 1 aromatic heterocycles. The topological polar surface area (TPSA) is 138 Å².